The molecule has 1 heterocycles. The summed E-state index contributed by atoms with van der Waals surface area (Å²) in [6.45, 7) is 0. The Kier molecular flexibility index (Phi) is 5.17. The Bertz CT molecular complexity index is 558. The van der Waals surface area contributed by atoms with Gasteiger partial charge in [0.05, 0.1) is 6.42 Å². The van der Waals surface area contributed by atoms with Crippen LogP contribution in [-0.4, -0.2) is 20.4 Å². The van der Waals surface area contributed by atoms with Gasteiger partial charge in [0.15, 0.2) is 0 Å². The van der Waals surface area contributed by atoms with E-state index >= 15 is 0 Å². The number of nitrogens with one attached hydrogen (secondary N) is 1. The first-order chi connectivity index (χ1) is 9.45. The molecule has 0 aliphatic heterocycles. The molecule has 1 amide bonds. The van der Waals surface area contributed by atoms with Gasteiger partial charge in [0.25, 0.3) is 0 Å². The van der Waals surface area contributed by atoms with Crippen LogP contribution in [0.4, 0.5) is 0 Å². The van der Waals surface area contributed by atoms with Gasteiger partial charge in [-0.1, -0.05) is 25.7 Å². The van der Waals surface area contributed by atoms with Gasteiger partial charge in [-0.05, 0) is 25.0 Å². The largest absolute Gasteiger partial charge is 0.353 e. The minimum Gasteiger partial charge on any atom is -0.353 e. The van der Waals surface area contributed by atoms with Crippen molar-refractivity contribution in [2.45, 2.75) is 55.2 Å². The Morgan fingerprint density at radius 1 is 1.25 bits per heavy atom. The predicted molar refractivity (Wildman–Crippen MR) is 79.0 cm³/mol. The summed E-state index contributed by atoms with van der Waals surface area (Å²) in [5.74, 6) is -0.0419. The van der Waals surface area contributed by atoms with Gasteiger partial charge in [-0.15, -0.1) is 11.3 Å². The molecule has 0 saturated heterocycles. The summed E-state index contributed by atoms with van der Waals surface area (Å²) in [5, 5.41) is 8.09. The lowest BCUT2D eigenvalue weighted by atomic mass is 10.1. The maximum absolute atomic E-state index is 12.0. The first kappa shape index (κ1) is 15.5. The summed E-state index contributed by atoms with van der Waals surface area (Å²) in [6, 6.07) is 3.37. The number of nitrogens with two attached hydrogens (primary N) is 1. The van der Waals surface area contributed by atoms with Crippen LogP contribution in [0.1, 0.15) is 43.4 Å². The van der Waals surface area contributed by atoms with E-state index in [4.69, 9.17) is 5.14 Å². The molecule has 20 heavy (non-hydrogen) atoms. The smallest absolute Gasteiger partial charge is 0.247 e. The molecule has 1 aliphatic rings. The number of sulfonamides is 1. The topological polar surface area (TPSA) is 89.3 Å². The van der Waals surface area contributed by atoms with Crippen molar-refractivity contribution in [2.24, 2.45) is 5.14 Å². The normalized spacial score (nSPS) is 17.6. The van der Waals surface area contributed by atoms with Gasteiger partial charge in [0, 0.05) is 10.9 Å². The molecule has 7 heteroatoms. The number of thiophene rings is 1. The maximum atomic E-state index is 12.0. The highest BCUT2D eigenvalue weighted by Crippen LogP contribution is 2.21. The third-order valence-electron chi connectivity index (χ3n) is 3.47. The molecule has 0 spiro atoms. The molecular formula is C13H20N2O3S2. The third-order valence-corrected chi connectivity index (χ3v) is 6.00. The van der Waals surface area contributed by atoms with Crippen molar-refractivity contribution in [2.75, 3.05) is 0 Å². The standard InChI is InChI=1S/C13H20N2O3S2/c14-20(17,18)13-8-7-11(19-13)9-12(16)15-10-5-3-1-2-4-6-10/h7-8,10H,1-6,9H2,(H,15,16)(H2,14,17,18). The van der Waals surface area contributed by atoms with Gasteiger partial charge in [-0.3, -0.25) is 4.79 Å². The van der Waals surface area contributed by atoms with Gasteiger partial charge < -0.3 is 5.32 Å². The van der Waals surface area contributed by atoms with Crippen LogP contribution in [0.15, 0.2) is 16.3 Å². The highest BCUT2D eigenvalue weighted by molar-refractivity contribution is 7.91. The average Bonchev–Trinajstić information content (AvgIpc) is 2.67. The Balaban J connectivity index is 1.89. The van der Waals surface area contributed by atoms with Crippen LogP contribution in [0, 0.1) is 0 Å². The van der Waals surface area contributed by atoms with Gasteiger partial charge in [0.2, 0.25) is 15.9 Å². The van der Waals surface area contributed by atoms with E-state index in [1.807, 2.05) is 0 Å². The van der Waals surface area contributed by atoms with Crippen LogP contribution in [0.2, 0.25) is 0 Å². The zero-order valence-corrected chi connectivity index (χ0v) is 12.9. The summed E-state index contributed by atoms with van der Waals surface area (Å²) in [4.78, 5) is 12.7. The van der Waals surface area contributed by atoms with Crippen LogP contribution in [-0.2, 0) is 21.2 Å². The lowest BCUT2D eigenvalue weighted by Gasteiger charge is -2.15. The summed E-state index contributed by atoms with van der Waals surface area (Å²) in [5.41, 5.74) is 0. The van der Waals surface area contributed by atoms with E-state index in [1.165, 1.54) is 31.7 Å². The van der Waals surface area contributed by atoms with E-state index in [-0.39, 0.29) is 22.6 Å². The van der Waals surface area contributed by atoms with E-state index in [2.05, 4.69) is 5.32 Å². The fraction of sp³-hybridized carbons (Fsp3) is 0.615. The summed E-state index contributed by atoms with van der Waals surface area (Å²) in [7, 11) is -3.66. The van der Waals surface area contributed by atoms with Crippen molar-refractivity contribution in [3.8, 4) is 0 Å². The van der Waals surface area contributed by atoms with Crippen molar-refractivity contribution in [3.05, 3.63) is 17.0 Å². The highest BCUT2D eigenvalue weighted by Gasteiger charge is 2.17. The van der Waals surface area contributed by atoms with Crippen LogP contribution < -0.4 is 10.5 Å². The second-order valence-corrected chi connectivity index (χ2v) is 8.16. The molecule has 5 nitrogen and oxygen atoms in total. The van der Waals surface area contributed by atoms with E-state index < -0.39 is 10.0 Å². The molecule has 1 saturated carbocycles. The molecule has 0 unspecified atom stereocenters. The van der Waals surface area contributed by atoms with E-state index in [0.29, 0.717) is 0 Å². The van der Waals surface area contributed by atoms with Gasteiger partial charge >= 0.3 is 0 Å². The fourth-order valence-electron chi connectivity index (χ4n) is 2.47. The van der Waals surface area contributed by atoms with Gasteiger partial charge in [-0.2, -0.15) is 0 Å². The monoisotopic (exact) mass is 316 g/mol. The quantitative estimate of drug-likeness (QED) is 0.830. The maximum Gasteiger partial charge on any atom is 0.247 e. The summed E-state index contributed by atoms with van der Waals surface area (Å²) < 4.78 is 22.5. The molecule has 1 aliphatic carbocycles. The first-order valence-electron chi connectivity index (χ1n) is 6.86. The number of rotatable bonds is 4. The molecule has 2 rings (SSSR count). The number of carbonyl (C=O) groups excluding carboxylic acids is 1. The number of hydrogen-bond donors (Lipinski definition) is 2. The van der Waals surface area contributed by atoms with Crippen LogP contribution in [0.25, 0.3) is 0 Å². The SMILES string of the molecule is NS(=O)(=O)c1ccc(CC(=O)NC2CCCCCC2)s1. The van der Waals surface area contributed by atoms with Gasteiger partial charge in [-0.25, -0.2) is 13.6 Å². The first-order valence-corrected chi connectivity index (χ1v) is 9.22. The molecule has 0 aromatic carbocycles. The zero-order valence-electron chi connectivity index (χ0n) is 11.3. The Morgan fingerprint density at radius 3 is 2.45 bits per heavy atom. The molecule has 1 fully saturated rings. The van der Waals surface area contributed by atoms with E-state index in [0.717, 1.165) is 29.1 Å². The molecule has 1 aromatic heterocycles. The summed E-state index contributed by atoms with van der Waals surface area (Å²) >= 11 is 1.06. The van der Waals surface area contributed by atoms with Crippen molar-refractivity contribution in [1.82, 2.24) is 5.32 Å². The fourth-order valence-corrected chi connectivity index (χ4v) is 4.24. The molecule has 1 aromatic rings. The Labute approximate surface area is 123 Å². The van der Waals surface area contributed by atoms with Crippen molar-refractivity contribution in [1.29, 1.82) is 0 Å². The van der Waals surface area contributed by atoms with Crippen molar-refractivity contribution in [3.63, 3.8) is 0 Å². The predicted octanol–water partition coefficient (Wildman–Crippen LogP) is 1.78. The second-order valence-electron chi connectivity index (χ2n) is 5.20. The molecular weight excluding hydrogens is 296 g/mol. The third kappa shape index (κ3) is 4.57. The lowest BCUT2D eigenvalue weighted by molar-refractivity contribution is -0.121. The molecule has 0 bridgehead atoms. The van der Waals surface area contributed by atoms with Crippen LogP contribution in [0.3, 0.4) is 0 Å². The van der Waals surface area contributed by atoms with Gasteiger partial charge in [0.1, 0.15) is 4.21 Å². The second kappa shape index (κ2) is 6.69. The number of amides is 1. The van der Waals surface area contributed by atoms with Crippen molar-refractivity contribution >= 4 is 27.3 Å². The lowest BCUT2D eigenvalue weighted by Crippen LogP contribution is -2.35. The Hall–Kier alpha value is -0.920. The zero-order chi connectivity index (χ0) is 14.6. The number of hydrogen-bond acceptors (Lipinski definition) is 4. The summed E-state index contributed by atoms with van der Waals surface area (Å²) in [6.07, 6.45) is 7.12. The van der Waals surface area contributed by atoms with Crippen molar-refractivity contribution < 1.29 is 13.2 Å². The highest BCUT2D eigenvalue weighted by atomic mass is 32.2. The van der Waals surface area contributed by atoms with E-state index in [1.54, 1.807) is 6.07 Å². The molecule has 112 valence electrons. The number of primary sulfonamides is 1. The van der Waals surface area contributed by atoms with Crippen LogP contribution >= 0.6 is 11.3 Å². The Morgan fingerprint density at radius 2 is 1.90 bits per heavy atom. The van der Waals surface area contributed by atoms with Crippen LogP contribution in [0.5, 0.6) is 0 Å². The number of carbonyl (C=O) groups is 1. The minimum atomic E-state index is -3.66. The molecule has 0 radical (unpaired) electrons. The molecule has 3 N–H and O–H groups in total. The van der Waals surface area contributed by atoms with E-state index in [9.17, 15) is 13.2 Å². The molecule has 0 atom stereocenters. The average molecular weight is 316 g/mol. The minimum absolute atomic E-state index is 0.0419.